The van der Waals surface area contributed by atoms with Gasteiger partial charge in [-0.05, 0) is 30.7 Å². The van der Waals surface area contributed by atoms with Crippen LogP contribution in [0.25, 0.3) is 0 Å². The average molecular weight is 450 g/mol. The van der Waals surface area contributed by atoms with E-state index in [9.17, 15) is 4.79 Å². The second-order valence-electron chi connectivity index (χ2n) is 5.83. The summed E-state index contributed by atoms with van der Waals surface area (Å²) >= 11 is 1.77. The maximum atomic E-state index is 11.7. The Kier molecular flexibility index (Phi) is 9.54. The van der Waals surface area contributed by atoms with E-state index in [0.717, 1.165) is 18.9 Å². The Morgan fingerprint density at radius 3 is 2.74 bits per heavy atom. The van der Waals surface area contributed by atoms with Gasteiger partial charge in [-0.2, -0.15) is 0 Å². The highest BCUT2D eigenvalue weighted by Crippen LogP contribution is 2.17. The molecule has 0 aliphatic heterocycles. The zero-order valence-corrected chi connectivity index (χ0v) is 17.0. The maximum Gasteiger partial charge on any atom is 0.243 e. The van der Waals surface area contributed by atoms with Crippen LogP contribution in [0.4, 0.5) is 0 Å². The minimum absolute atomic E-state index is 0. The third-order valence-electron chi connectivity index (χ3n) is 3.81. The summed E-state index contributed by atoms with van der Waals surface area (Å²) in [5.74, 6) is 0.782. The van der Waals surface area contributed by atoms with E-state index in [1.807, 2.05) is 0 Å². The number of hydrogen-bond donors (Lipinski definition) is 2. The third kappa shape index (κ3) is 7.52. The molecule has 0 saturated heterocycles. The molecule has 1 heterocycles. The first-order valence-electron chi connectivity index (χ1n) is 7.92. The van der Waals surface area contributed by atoms with Crippen molar-refractivity contribution < 1.29 is 4.79 Å². The van der Waals surface area contributed by atoms with Gasteiger partial charge in [-0.1, -0.05) is 18.9 Å². The van der Waals surface area contributed by atoms with E-state index in [2.05, 4.69) is 33.1 Å². The van der Waals surface area contributed by atoms with E-state index in [0.29, 0.717) is 6.04 Å². The molecule has 1 amide bonds. The predicted octanol–water partition coefficient (Wildman–Crippen LogP) is 2.47. The molecule has 0 bridgehead atoms. The molecule has 0 radical (unpaired) electrons. The number of guanidine groups is 1. The van der Waals surface area contributed by atoms with Gasteiger partial charge in [0.15, 0.2) is 5.96 Å². The van der Waals surface area contributed by atoms with Gasteiger partial charge in [0.05, 0.1) is 0 Å². The highest BCUT2D eigenvalue weighted by atomic mass is 127. The van der Waals surface area contributed by atoms with Crippen LogP contribution in [0.5, 0.6) is 0 Å². The van der Waals surface area contributed by atoms with Gasteiger partial charge in [0.1, 0.15) is 6.54 Å². The molecule has 1 aliphatic rings. The normalized spacial score (nSPS) is 15.1. The van der Waals surface area contributed by atoms with E-state index in [4.69, 9.17) is 0 Å². The van der Waals surface area contributed by atoms with Crippen LogP contribution in [0.2, 0.25) is 0 Å². The topological polar surface area (TPSA) is 56.7 Å². The van der Waals surface area contributed by atoms with Crippen molar-refractivity contribution in [2.24, 2.45) is 4.99 Å². The highest BCUT2D eigenvalue weighted by Gasteiger charge is 2.16. The quantitative estimate of drug-likeness (QED) is 0.398. The third-order valence-corrected chi connectivity index (χ3v) is 4.75. The lowest BCUT2D eigenvalue weighted by Crippen LogP contribution is -2.43. The lowest BCUT2D eigenvalue weighted by Gasteiger charge is -2.17. The van der Waals surface area contributed by atoms with E-state index < -0.39 is 0 Å². The van der Waals surface area contributed by atoms with Crippen LogP contribution in [-0.2, 0) is 11.2 Å². The lowest BCUT2D eigenvalue weighted by atomic mass is 10.2. The number of hydrogen-bond acceptors (Lipinski definition) is 3. The van der Waals surface area contributed by atoms with Crippen LogP contribution in [0.3, 0.4) is 0 Å². The molecule has 7 heteroatoms. The Hall–Kier alpha value is -0.830. The van der Waals surface area contributed by atoms with Crippen molar-refractivity contribution in [1.82, 2.24) is 15.5 Å². The smallest absolute Gasteiger partial charge is 0.243 e. The Morgan fingerprint density at radius 2 is 2.13 bits per heavy atom. The fourth-order valence-corrected chi connectivity index (χ4v) is 3.17. The van der Waals surface area contributed by atoms with Crippen molar-refractivity contribution in [3.63, 3.8) is 0 Å². The second kappa shape index (κ2) is 10.9. The number of likely N-dealkylation sites (N-methyl/N-ethyl adjacent to an activating group) is 1. The number of carbonyl (C=O) groups is 1. The van der Waals surface area contributed by atoms with Gasteiger partial charge in [0.25, 0.3) is 0 Å². The molecule has 1 aromatic rings. The first-order valence-corrected chi connectivity index (χ1v) is 8.80. The minimum atomic E-state index is 0. The zero-order valence-electron chi connectivity index (χ0n) is 13.9. The Morgan fingerprint density at radius 1 is 1.39 bits per heavy atom. The van der Waals surface area contributed by atoms with Crippen molar-refractivity contribution in [1.29, 1.82) is 0 Å². The molecule has 0 spiro atoms. The van der Waals surface area contributed by atoms with E-state index in [1.54, 1.807) is 30.3 Å². The Labute approximate surface area is 160 Å². The summed E-state index contributed by atoms with van der Waals surface area (Å²) in [7, 11) is 3.51. The number of thiophene rings is 1. The zero-order chi connectivity index (χ0) is 15.8. The Bertz CT molecular complexity index is 484. The van der Waals surface area contributed by atoms with Crippen LogP contribution in [-0.4, -0.2) is 50.0 Å². The summed E-state index contributed by atoms with van der Waals surface area (Å²) in [5, 5.41) is 8.91. The number of nitrogens with zero attached hydrogens (tertiary/aromatic N) is 2. The van der Waals surface area contributed by atoms with E-state index >= 15 is 0 Å². The number of amides is 1. The minimum Gasteiger partial charge on any atom is -0.356 e. The molecule has 5 nitrogen and oxygen atoms in total. The monoisotopic (exact) mass is 450 g/mol. The van der Waals surface area contributed by atoms with Crippen LogP contribution in [0.1, 0.15) is 30.6 Å². The molecule has 1 aliphatic carbocycles. The fraction of sp³-hybridized carbons (Fsp3) is 0.625. The number of nitrogens with one attached hydrogen (secondary N) is 2. The van der Waals surface area contributed by atoms with Crippen molar-refractivity contribution >= 4 is 47.2 Å². The first kappa shape index (κ1) is 20.2. The van der Waals surface area contributed by atoms with Gasteiger partial charge in [0, 0.05) is 31.6 Å². The summed E-state index contributed by atoms with van der Waals surface area (Å²) < 4.78 is 0. The molecule has 1 aromatic heterocycles. The molecule has 0 unspecified atom stereocenters. The molecule has 0 aromatic carbocycles. The SMILES string of the molecule is CN(C)C(=O)CN=C(NCCc1cccs1)NC1CCCC1.I. The summed E-state index contributed by atoms with van der Waals surface area (Å²) in [5.41, 5.74) is 0. The van der Waals surface area contributed by atoms with Crippen molar-refractivity contribution in [2.75, 3.05) is 27.2 Å². The fourth-order valence-electron chi connectivity index (χ4n) is 2.46. The van der Waals surface area contributed by atoms with Gasteiger partial charge in [0.2, 0.25) is 5.91 Å². The van der Waals surface area contributed by atoms with E-state index in [-0.39, 0.29) is 36.4 Å². The van der Waals surface area contributed by atoms with Crippen LogP contribution in [0, 0.1) is 0 Å². The number of carbonyl (C=O) groups excluding carboxylic acids is 1. The largest absolute Gasteiger partial charge is 0.356 e. The van der Waals surface area contributed by atoms with Crippen LogP contribution >= 0.6 is 35.3 Å². The van der Waals surface area contributed by atoms with Gasteiger partial charge >= 0.3 is 0 Å². The van der Waals surface area contributed by atoms with Gasteiger partial charge in [-0.15, -0.1) is 35.3 Å². The molecule has 1 fully saturated rings. The van der Waals surface area contributed by atoms with Crippen molar-refractivity contribution in [3.8, 4) is 0 Å². The maximum absolute atomic E-state index is 11.7. The molecule has 2 N–H and O–H groups in total. The molecular weight excluding hydrogens is 423 g/mol. The Balaban J connectivity index is 0.00000264. The summed E-state index contributed by atoms with van der Waals surface area (Å²) in [6, 6.07) is 4.70. The summed E-state index contributed by atoms with van der Waals surface area (Å²) in [6.45, 7) is 1.02. The first-order chi connectivity index (χ1) is 10.6. The molecule has 1 saturated carbocycles. The van der Waals surface area contributed by atoms with Gasteiger partial charge in [-0.3, -0.25) is 4.79 Å². The van der Waals surface area contributed by atoms with Gasteiger partial charge < -0.3 is 15.5 Å². The lowest BCUT2D eigenvalue weighted by molar-refractivity contribution is -0.127. The summed E-state index contributed by atoms with van der Waals surface area (Å²) in [6.07, 6.45) is 5.90. The number of halogens is 1. The van der Waals surface area contributed by atoms with Crippen molar-refractivity contribution in [2.45, 2.75) is 38.1 Å². The number of aliphatic imine (C=N–C) groups is 1. The van der Waals surface area contributed by atoms with E-state index in [1.165, 1.54) is 30.6 Å². The average Bonchev–Trinajstić information content (AvgIpc) is 3.17. The van der Waals surface area contributed by atoms with Crippen LogP contribution < -0.4 is 10.6 Å². The highest BCUT2D eigenvalue weighted by molar-refractivity contribution is 14.0. The second-order valence-corrected chi connectivity index (χ2v) is 6.87. The van der Waals surface area contributed by atoms with Crippen molar-refractivity contribution in [3.05, 3.63) is 22.4 Å². The standard InChI is InChI=1S/C16H26N4OS.HI/c1-20(2)15(21)12-18-16(19-13-6-3-4-7-13)17-10-9-14-8-5-11-22-14;/h5,8,11,13H,3-4,6-7,9-10,12H2,1-2H3,(H2,17,18,19);1H. The predicted molar refractivity (Wildman–Crippen MR) is 108 cm³/mol. The number of rotatable bonds is 6. The molecular formula is C16H27IN4OS. The molecule has 130 valence electrons. The summed E-state index contributed by atoms with van der Waals surface area (Å²) in [4.78, 5) is 19.1. The van der Waals surface area contributed by atoms with Crippen LogP contribution in [0.15, 0.2) is 22.5 Å². The molecule has 2 rings (SSSR count). The molecule has 0 atom stereocenters. The molecule has 23 heavy (non-hydrogen) atoms. The van der Waals surface area contributed by atoms with Gasteiger partial charge in [-0.25, -0.2) is 4.99 Å².